The molecule has 1 atom stereocenters. The van der Waals surface area contributed by atoms with Crippen LogP contribution in [0.3, 0.4) is 0 Å². The van der Waals surface area contributed by atoms with Crippen molar-refractivity contribution in [2.45, 2.75) is 49.5 Å². The summed E-state index contributed by atoms with van der Waals surface area (Å²) in [5.74, 6) is -2.19. The molecule has 46 heavy (non-hydrogen) atoms. The fourth-order valence-corrected chi connectivity index (χ4v) is 6.92. The van der Waals surface area contributed by atoms with Gasteiger partial charge in [-0.3, -0.25) is 9.69 Å². The molecule has 16 heteroatoms. The fraction of sp³-hybridized carbons (Fsp3) is 0.433. The number of aryl methyl sites for hydroxylation is 1. The second-order valence-electron chi connectivity index (χ2n) is 11.8. The van der Waals surface area contributed by atoms with E-state index < -0.39 is 69.4 Å². The summed E-state index contributed by atoms with van der Waals surface area (Å²) in [5, 5.41) is 0. The minimum Gasteiger partial charge on any atom is -0.475 e. The lowest BCUT2D eigenvalue weighted by Gasteiger charge is -2.42. The van der Waals surface area contributed by atoms with E-state index in [1.54, 1.807) is 24.0 Å². The molecule has 9 nitrogen and oxygen atoms in total. The van der Waals surface area contributed by atoms with Crippen LogP contribution in [0.1, 0.15) is 40.7 Å². The quantitative estimate of drug-likeness (QED) is 0.365. The average Bonchev–Trinajstić information content (AvgIpc) is 3.79. The maximum Gasteiger partial charge on any atom is 0.423 e. The number of fused-ring (bicyclic) bond motifs is 6. The molecule has 6 bridgehead atoms. The number of amides is 1. The summed E-state index contributed by atoms with van der Waals surface area (Å²) in [6.07, 6.45) is -9.63. The summed E-state index contributed by atoms with van der Waals surface area (Å²) in [4.78, 5) is 24.1. The van der Waals surface area contributed by atoms with Crippen LogP contribution in [0.2, 0.25) is 0 Å². The number of ether oxygens (including phenoxy) is 1. The Morgan fingerprint density at radius 1 is 1.02 bits per heavy atom. The second-order valence-corrected chi connectivity index (χ2v) is 13.5. The normalized spacial score (nSPS) is 21.2. The third-order valence-electron chi connectivity index (χ3n) is 8.81. The van der Waals surface area contributed by atoms with Crippen molar-refractivity contribution >= 4 is 21.9 Å². The fourth-order valence-electron chi connectivity index (χ4n) is 5.93. The Balaban J connectivity index is 1.46. The van der Waals surface area contributed by atoms with Crippen molar-refractivity contribution in [3.63, 3.8) is 0 Å². The first-order valence-electron chi connectivity index (χ1n) is 14.5. The molecule has 1 aromatic heterocycles. The van der Waals surface area contributed by atoms with E-state index in [0.29, 0.717) is 5.56 Å². The van der Waals surface area contributed by atoms with Gasteiger partial charge in [-0.2, -0.15) is 31.3 Å². The van der Waals surface area contributed by atoms with Crippen molar-refractivity contribution in [2.24, 2.45) is 5.41 Å². The zero-order valence-corrected chi connectivity index (χ0v) is 25.3. The van der Waals surface area contributed by atoms with E-state index in [-0.39, 0.29) is 61.5 Å². The highest BCUT2D eigenvalue weighted by atomic mass is 32.2. The van der Waals surface area contributed by atoms with E-state index in [4.69, 9.17) is 4.74 Å². The lowest BCUT2D eigenvalue weighted by molar-refractivity contribution is -0.190. The Morgan fingerprint density at radius 2 is 1.76 bits per heavy atom. The van der Waals surface area contributed by atoms with Gasteiger partial charge >= 0.3 is 12.4 Å². The Kier molecular flexibility index (Phi) is 7.94. The van der Waals surface area contributed by atoms with Gasteiger partial charge in [0.15, 0.2) is 0 Å². The monoisotopic (exact) mass is 669 g/mol. The van der Waals surface area contributed by atoms with Gasteiger partial charge in [0.25, 0.3) is 15.9 Å². The number of anilines is 1. The number of carbonyl (C=O) groups excluding carboxylic acids is 1. The standard InChI is InChI=1S/C30H29F6N5O4S/c1-18-5-2-3-8-22(18)24-23(29(31,32)33)25-38-27(37-24)39-46(43,44)21-7-4-6-19(15-21)26(42)41-14-13-40(20(16-41)17-45-25)12-11-28(9-10-28)30(34,35)36/h2-8,15,20H,9-14,16-17H2,1H3,(H,37,38,39). The van der Waals surface area contributed by atoms with Crippen molar-refractivity contribution in [3.8, 4) is 17.1 Å². The Labute approximate surface area is 260 Å². The molecular formula is C30H29F6N5O4S. The molecule has 1 amide bonds. The summed E-state index contributed by atoms with van der Waals surface area (Å²) >= 11 is 0. The lowest BCUT2D eigenvalue weighted by Crippen LogP contribution is -2.57. The molecule has 1 saturated heterocycles. The van der Waals surface area contributed by atoms with E-state index >= 15 is 0 Å². The number of benzene rings is 2. The summed E-state index contributed by atoms with van der Waals surface area (Å²) in [6.45, 7) is 1.22. The van der Waals surface area contributed by atoms with Gasteiger partial charge in [-0.15, -0.1) is 0 Å². The van der Waals surface area contributed by atoms with Crippen molar-refractivity contribution < 1.29 is 44.3 Å². The first-order valence-corrected chi connectivity index (χ1v) is 16.0. The first-order chi connectivity index (χ1) is 21.6. The van der Waals surface area contributed by atoms with E-state index in [1.807, 2.05) is 0 Å². The molecule has 2 fully saturated rings. The van der Waals surface area contributed by atoms with Gasteiger partial charge in [0.05, 0.1) is 22.0 Å². The zero-order chi connectivity index (χ0) is 33.1. The van der Waals surface area contributed by atoms with Gasteiger partial charge in [-0.1, -0.05) is 30.3 Å². The third kappa shape index (κ3) is 6.11. The number of piperazine rings is 1. The van der Waals surface area contributed by atoms with Gasteiger partial charge < -0.3 is 9.64 Å². The van der Waals surface area contributed by atoms with Crippen LogP contribution in [0.5, 0.6) is 5.88 Å². The number of alkyl halides is 6. The highest BCUT2D eigenvalue weighted by Crippen LogP contribution is 2.60. The summed E-state index contributed by atoms with van der Waals surface area (Å²) in [7, 11) is -4.49. The summed E-state index contributed by atoms with van der Waals surface area (Å²) in [5.41, 5.74) is -3.25. The van der Waals surface area contributed by atoms with Crippen molar-refractivity contribution in [1.29, 1.82) is 0 Å². The highest BCUT2D eigenvalue weighted by Gasteiger charge is 2.62. The summed E-state index contributed by atoms with van der Waals surface area (Å²) < 4.78 is 120. The number of rotatable bonds is 4. The van der Waals surface area contributed by atoms with Crippen LogP contribution in [0.15, 0.2) is 53.4 Å². The second kappa shape index (κ2) is 11.4. The zero-order valence-electron chi connectivity index (χ0n) is 24.5. The minimum absolute atomic E-state index is 0.00268. The molecule has 1 unspecified atom stereocenters. The molecule has 2 aromatic carbocycles. The first kappa shape index (κ1) is 32.0. The maximum absolute atomic E-state index is 14.7. The Morgan fingerprint density at radius 3 is 2.43 bits per heavy atom. The topological polar surface area (TPSA) is 105 Å². The van der Waals surface area contributed by atoms with Crippen molar-refractivity contribution in [2.75, 3.05) is 37.5 Å². The molecule has 0 spiro atoms. The molecule has 1 N–H and O–H groups in total. The van der Waals surface area contributed by atoms with Gasteiger partial charge in [-0.05, 0) is 56.5 Å². The van der Waals surface area contributed by atoms with Gasteiger partial charge in [0.1, 0.15) is 12.2 Å². The van der Waals surface area contributed by atoms with Crippen molar-refractivity contribution in [3.05, 3.63) is 65.2 Å². The predicted molar refractivity (Wildman–Crippen MR) is 154 cm³/mol. The summed E-state index contributed by atoms with van der Waals surface area (Å²) in [6, 6.07) is 10.4. The van der Waals surface area contributed by atoms with Crippen LogP contribution in [-0.4, -0.2) is 79.1 Å². The number of hydrogen-bond donors (Lipinski definition) is 1. The molecule has 3 aliphatic rings. The molecule has 0 radical (unpaired) electrons. The van der Waals surface area contributed by atoms with E-state index in [2.05, 4.69) is 14.7 Å². The van der Waals surface area contributed by atoms with Crippen LogP contribution in [-0.2, 0) is 16.2 Å². The molecule has 246 valence electrons. The predicted octanol–water partition coefficient (Wildman–Crippen LogP) is 5.52. The highest BCUT2D eigenvalue weighted by molar-refractivity contribution is 7.92. The van der Waals surface area contributed by atoms with Crippen LogP contribution in [0.4, 0.5) is 32.3 Å². The van der Waals surface area contributed by atoms with Crippen LogP contribution in [0.25, 0.3) is 11.3 Å². The SMILES string of the molecule is Cc1ccccc1-c1nc2nc(c1C(F)(F)F)OCC1CN(CCN1CCC1(C(F)(F)F)CC1)C(=O)c1cccc(c1)S(=O)(=O)N2. The van der Waals surface area contributed by atoms with Crippen molar-refractivity contribution in [1.82, 2.24) is 19.8 Å². The van der Waals surface area contributed by atoms with E-state index in [9.17, 15) is 39.6 Å². The Bertz CT molecular complexity index is 1780. The van der Waals surface area contributed by atoms with Crippen LogP contribution >= 0.6 is 0 Å². The molecule has 1 saturated carbocycles. The number of sulfonamides is 1. The molecule has 3 heterocycles. The lowest BCUT2D eigenvalue weighted by atomic mass is 10.0. The molecule has 6 rings (SSSR count). The molecule has 1 aliphatic carbocycles. The van der Waals surface area contributed by atoms with Crippen LogP contribution < -0.4 is 9.46 Å². The van der Waals surface area contributed by atoms with Crippen LogP contribution in [0, 0.1) is 12.3 Å². The molecule has 3 aromatic rings. The van der Waals surface area contributed by atoms with Gasteiger partial charge in [0, 0.05) is 30.8 Å². The largest absolute Gasteiger partial charge is 0.475 e. The number of halogens is 6. The molecule has 2 aliphatic heterocycles. The smallest absolute Gasteiger partial charge is 0.423 e. The van der Waals surface area contributed by atoms with Gasteiger partial charge in [0.2, 0.25) is 11.8 Å². The number of hydrogen-bond acceptors (Lipinski definition) is 7. The minimum atomic E-state index is -5.05. The number of nitrogens with zero attached hydrogens (tertiary/aromatic N) is 4. The third-order valence-corrected chi connectivity index (χ3v) is 10.1. The number of carbonyl (C=O) groups is 1. The van der Waals surface area contributed by atoms with E-state index in [0.717, 1.165) is 6.07 Å². The number of aromatic nitrogens is 2. The van der Waals surface area contributed by atoms with E-state index in [1.165, 1.54) is 35.2 Å². The van der Waals surface area contributed by atoms with Gasteiger partial charge in [-0.25, -0.2) is 18.1 Å². The number of nitrogens with one attached hydrogen (secondary N) is 1. The maximum atomic E-state index is 14.7. The Hall–Kier alpha value is -3.92. The molecular weight excluding hydrogens is 640 g/mol. The average molecular weight is 670 g/mol.